The number of hydrogen-bond acceptors (Lipinski definition) is 4. The van der Waals surface area contributed by atoms with Gasteiger partial charge in [-0.05, 0) is 70.8 Å². The van der Waals surface area contributed by atoms with Crippen LogP contribution in [0.2, 0.25) is 10.0 Å². The minimum absolute atomic E-state index is 0.287. The number of nitrogens with zero attached hydrogens (tertiary/aromatic N) is 3. The van der Waals surface area contributed by atoms with Gasteiger partial charge in [-0.15, -0.1) is 0 Å². The Hall–Kier alpha value is -4.58. The predicted molar refractivity (Wildman–Crippen MR) is 173 cm³/mol. The SMILES string of the molecule is O=C1CN(c2ccc(Cn3cc(-c4ccc(Cl)cc4Cl)nc3C=Cc3ccc(-c4cccc(C(F)(F)F)c4)cc3)cc2)S(=O)(=O)N1. The highest BCUT2D eigenvalue weighted by Gasteiger charge is 2.34. The van der Waals surface area contributed by atoms with Crippen LogP contribution in [0.15, 0.2) is 97.2 Å². The fourth-order valence-electron chi connectivity index (χ4n) is 4.99. The Labute approximate surface area is 272 Å². The molecule has 2 heterocycles. The average Bonchev–Trinajstić information content (AvgIpc) is 3.54. The summed E-state index contributed by atoms with van der Waals surface area (Å²) in [6.07, 6.45) is 1.07. The standard InChI is InChI=1S/C33H23Cl2F3N4O3S/c34-26-11-14-28(29(35)17-26)30-19-41(18-22-6-12-27(13-7-22)42-20-32(43)40-46(42,44)45)31(39-30)15-8-21-4-9-23(10-5-21)24-2-1-3-25(16-24)33(36,37)38/h1-17,19H,18,20H2,(H,40,43). The predicted octanol–water partition coefficient (Wildman–Crippen LogP) is 7.94. The molecule has 46 heavy (non-hydrogen) atoms. The molecule has 7 nitrogen and oxygen atoms in total. The highest BCUT2D eigenvalue weighted by Crippen LogP contribution is 2.33. The lowest BCUT2D eigenvalue weighted by atomic mass is 10.0. The molecular formula is C33H23Cl2F3N4O3S. The molecule has 1 N–H and O–H groups in total. The van der Waals surface area contributed by atoms with Crippen molar-refractivity contribution < 1.29 is 26.4 Å². The molecule has 0 atom stereocenters. The molecule has 6 rings (SSSR count). The normalized spacial score (nSPS) is 14.6. The maximum absolute atomic E-state index is 13.2. The lowest BCUT2D eigenvalue weighted by Gasteiger charge is -2.15. The summed E-state index contributed by atoms with van der Waals surface area (Å²) in [5, 5.41) is 0.913. The van der Waals surface area contributed by atoms with Crippen LogP contribution < -0.4 is 9.03 Å². The summed E-state index contributed by atoms with van der Waals surface area (Å²) in [6, 6.07) is 24.2. The van der Waals surface area contributed by atoms with Crippen LogP contribution in [-0.4, -0.2) is 30.4 Å². The second kappa shape index (κ2) is 12.3. The number of carbonyl (C=O) groups is 1. The number of imidazole rings is 1. The quantitative estimate of drug-likeness (QED) is 0.189. The summed E-state index contributed by atoms with van der Waals surface area (Å²) in [7, 11) is -3.92. The van der Waals surface area contributed by atoms with Crippen molar-refractivity contribution in [1.82, 2.24) is 14.3 Å². The van der Waals surface area contributed by atoms with E-state index in [0.29, 0.717) is 50.5 Å². The van der Waals surface area contributed by atoms with Crippen LogP contribution in [0.3, 0.4) is 0 Å². The molecule has 234 valence electrons. The van der Waals surface area contributed by atoms with E-state index in [1.807, 2.05) is 27.6 Å². The number of amides is 1. The third-order valence-electron chi connectivity index (χ3n) is 7.27. The second-order valence-corrected chi connectivity index (χ2v) is 12.9. The van der Waals surface area contributed by atoms with Gasteiger partial charge in [0.05, 0.1) is 22.0 Å². The monoisotopic (exact) mass is 682 g/mol. The van der Waals surface area contributed by atoms with Crippen molar-refractivity contribution >= 4 is 57.2 Å². The number of alkyl halides is 3. The van der Waals surface area contributed by atoms with E-state index in [1.165, 1.54) is 6.07 Å². The van der Waals surface area contributed by atoms with E-state index in [4.69, 9.17) is 28.2 Å². The highest BCUT2D eigenvalue weighted by molar-refractivity contribution is 7.92. The zero-order valence-electron chi connectivity index (χ0n) is 23.7. The van der Waals surface area contributed by atoms with Gasteiger partial charge >= 0.3 is 16.4 Å². The van der Waals surface area contributed by atoms with E-state index in [9.17, 15) is 26.4 Å². The minimum atomic E-state index is -4.43. The number of hydrogen-bond donors (Lipinski definition) is 1. The summed E-state index contributed by atoms with van der Waals surface area (Å²) >= 11 is 12.6. The Morgan fingerprint density at radius 1 is 0.891 bits per heavy atom. The van der Waals surface area contributed by atoms with Crippen LogP contribution in [0.5, 0.6) is 0 Å². The van der Waals surface area contributed by atoms with Crippen LogP contribution >= 0.6 is 23.2 Å². The van der Waals surface area contributed by atoms with Crippen molar-refractivity contribution in [2.75, 3.05) is 10.8 Å². The van der Waals surface area contributed by atoms with Crippen molar-refractivity contribution in [1.29, 1.82) is 0 Å². The molecule has 0 spiro atoms. The topological polar surface area (TPSA) is 84.3 Å². The van der Waals surface area contributed by atoms with E-state index in [0.717, 1.165) is 27.6 Å². The summed E-state index contributed by atoms with van der Waals surface area (Å²) in [4.78, 5) is 16.4. The molecule has 13 heteroatoms. The molecule has 1 saturated heterocycles. The number of benzene rings is 4. The molecule has 0 aliphatic carbocycles. The van der Waals surface area contributed by atoms with E-state index in [1.54, 1.807) is 72.8 Å². The van der Waals surface area contributed by atoms with Crippen molar-refractivity contribution in [2.45, 2.75) is 12.7 Å². The highest BCUT2D eigenvalue weighted by atomic mass is 35.5. The number of aromatic nitrogens is 2. The number of carbonyl (C=O) groups excluding carboxylic acids is 1. The zero-order chi connectivity index (χ0) is 32.6. The molecule has 1 aliphatic heterocycles. The Kier molecular flexibility index (Phi) is 8.41. The van der Waals surface area contributed by atoms with Gasteiger partial charge in [0.25, 0.3) is 5.91 Å². The van der Waals surface area contributed by atoms with Crippen molar-refractivity contribution in [3.63, 3.8) is 0 Å². The van der Waals surface area contributed by atoms with Crippen molar-refractivity contribution in [2.24, 2.45) is 0 Å². The Balaban J connectivity index is 1.28. The largest absolute Gasteiger partial charge is 0.416 e. The smallest absolute Gasteiger partial charge is 0.326 e. The Bertz CT molecular complexity index is 2080. The van der Waals surface area contributed by atoms with Crippen LogP contribution in [0.4, 0.5) is 18.9 Å². The first-order valence-corrected chi connectivity index (χ1v) is 16.0. The van der Waals surface area contributed by atoms with Gasteiger partial charge in [0.15, 0.2) is 0 Å². The molecule has 1 aromatic heterocycles. The number of halogens is 5. The molecular weight excluding hydrogens is 660 g/mol. The molecule has 4 aromatic carbocycles. The van der Waals surface area contributed by atoms with Gasteiger partial charge in [-0.3, -0.25) is 4.79 Å². The van der Waals surface area contributed by atoms with Crippen molar-refractivity contribution in [3.8, 4) is 22.4 Å². The first-order valence-electron chi connectivity index (χ1n) is 13.8. The van der Waals surface area contributed by atoms with Gasteiger partial charge in [-0.2, -0.15) is 21.6 Å². The van der Waals surface area contributed by atoms with Gasteiger partial charge in [0.1, 0.15) is 12.4 Å². The lowest BCUT2D eigenvalue weighted by Crippen LogP contribution is -2.29. The summed E-state index contributed by atoms with van der Waals surface area (Å²) in [6.45, 7) is 0.0842. The first kappa shape index (κ1) is 31.4. The number of rotatable bonds is 7. The lowest BCUT2D eigenvalue weighted by molar-refractivity contribution is -0.137. The van der Waals surface area contributed by atoms with Crippen molar-refractivity contribution in [3.05, 3.63) is 130 Å². The number of nitrogens with one attached hydrogen (secondary N) is 1. The Morgan fingerprint density at radius 3 is 2.28 bits per heavy atom. The second-order valence-electron chi connectivity index (χ2n) is 10.5. The summed E-state index contributed by atoms with van der Waals surface area (Å²) < 4.78 is 68.9. The molecule has 0 radical (unpaired) electrons. The molecule has 5 aromatic rings. The summed E-state index contributed by atoms with van der Waals surface area (Å²) in [5.41, 5.74) is 3.68. The van der Waals surface area contributed by atoms with Crippen LogP contribution in [0.1, 0.15) is 22.5 Å². The van der Waals surface area contributed by atoms with Crippen LogP contribution in [-0.2, 0) is 27.7 Å². The molecule has 1 fully saturated rings. The maximum Gasteiger partial charge on any atom is 0.416 e. The zero-order valence-corrected chi connectivity index (χ0v) is 26.0. The fourth-order valence-corrected chi connectivity index (χ4v) is 6.64. The van der Waals surface area contributed by atoms with Crippen LogP contribution in [0, 0.1) is 0 Å². The van der Waals surface area contributed by atoms with Gasteiger partial charge < -0.3 is 4.57 Å². The maximum atomic E-state index is 13.2. The van der Waals surface area contributed by atoms with Gasteiger partial charge in [0, 0.05) is 23.3 Å². The Morgan fingerprint density at radius 2 is 1.63 bits per heavy atom. The van der Waals surface area contributed by atoms with Crippen LogP contribution in [0.25, 0.3) is 34.5 Å². The van der Waals surface area contributed by atoms with E-state index in [2.05, 4.69) is 0 Å². The number of anilines is 1. The third kappa shape index (κ3) is 6.81. The summed E-state index contributed by atoms with van der Waals surface area (Å²) in [5.74, 6) is -0.0124. The fraction of sp³-hybridized carbons (Fsp3) is 0.0909. The average molecular weight is 684 g/mol. The van der Waals surface area contributed by atoms with E-state index in [-0.39, 0.29) is 6.54 Å². The first-order chi connectivity index (χ1) is 21.9. The third-order valence-corrected chi connectivity index (χ3v) is 9.22. The molecule has 1 aliphatic rings. The van der Waals surface area contributed by atoms with E-state index >= 15 is 0 Å². The molecule has 0 unspecified atom stereocenters. The van der Waals surface area contributed by atoms with Gasteiger partial charge in [-0.1, -0.05) is 77.8 Å². The molecule has 0 saturated carbocycles. The van der Waals surface area contributed by atoms with Gasteiger partial charge in [0.2, 0.25) is 0 Å². The minimum Gasteiger partial charge on any atom is -0.326 e. The molecule has 0 bridgehead atoms. The van der Waals surface area contributed by atoms with Gasteiger partial charge in [-0.25, -0.2) is 14.0 Å². The van der Waals surface area contributed by atoms with E-state index < -0.39 is 27.9 Å². The molecule has 1 amide bonds.